The van der Waals surface area contributed by atoms with E-state index in [1.807, 2.05) is 6.07 Å². The van der Waals surface area contributed by atoms with Gasteiger partial charge in [0.05, 0.1) is 18.1 Å². The molecule has 72 valence electrons. The summed E-state index contributed by atoms with van der Waals surface area (Å²) in [4.78, 5) is 10.5. The van der Waals surface area contributed by atoms with Gasteiger partial charge in [0.15, 0.2) is 0 Å². The fourth-order valence-corrected chi connectivity index (χ4v) is 1.28. The Labute approximate surface area is 81.6 Å². The van der Waals surface area contributed by atoms with Crippen molar-refractivity contribution in [3.8, 4) is 6.07 Å². The van der Waals surface area contributed by atoms with Crippen LogP contribution in [0.3, 0.4) is 0 Å². The number of carboxylic acid groups (broad SMARTS) is 1. The molecule has 4 heteroatoms. The number of hydrogen-bond acceptors (Lipinski definition) is 3. The molecule has 0 aromatic heterocycles. The van der Waals surface area contributed by atoms with Gasteiger partial charge in [0, 0.05) is 11.3 Å². The summed E-state index contributed by atoms with van der Waals surface area (Å²) in [6, 6.07) is 5.29. The zero-order valence-corrected chi connectivity index (χ0v) is 7.74. The van der Waals surface area contributed by atoms with Crippen molar-refractivity contribution in [2.24, 2.45) is 0 Å². The lowest BCUT2D eigenvalue weighted by Crippen LogP contribution is -2.07. The fourth-order valence-electron chi connectivity index (χ4n) is 1.28. The Morgan fingerprint density at radius 1 is 1.64 bits per heavy atom. The first-order valence-corrected chi connectivity index (χ1v) is 4.06. The molecule has 0 bridgehead atoms. The molecule has 0 heterocycles. The van der Waals surface area contributed by atoms with E-state index < -0.39 is 5.97 Å². The molecule has 0 fully saturated rings. The number of aliphatic carboxylic acids is 1. The second kappa shape index (κ2) is 3.79. The van der Waals surface area contributed by atoms with E-state index in [0.29, 0.717) is 16.8 Å². The van der Waals surface area contributed by atoms with Gasteiger partial charge in [-0.1, -0.05) is 6.07 Å². The number of rotatable bonds is 2. The Balaban J connectivity index is 3.31. The number of nitrogen functional groups attached to an aromatic ring is 1. The van der Waals surface area contributed by atoms with Crippen LogP contribution < -0.4 is 5.73 Å². The number of nitrogens with two attached hydrogens (primary N) is 1. The number of anilines is 1. The maximum atomic E-state index is 10.5. The van der Waals surface area contributed by atoms with Crippen LogP contribution in [0.1, 0.15) is 16.7 Å². The predicted molar refractivity (Wildman–Crippen MR) is 51.6 cm³/mol. The van der Waals surface area contributed by atoms with E-state index in [0.717, 1.165) is 5.56 Å². The number of aryl methyl sites for hydroxylation is 1. The van der Waals surface area contributed by atoms with Crippen molar-refractivity contribution in [1.82, 2.24) is 0 Å². The van der Waals surface area contributed by atoms with Gasteiger partial charge in [-0.2, -0.15) is 5.26 Å². The normalized spacial score (nSPS) is 9.43. The lowest BCUT2D eigenvalue weighted by molar-refractivity contribution is -0.136. The first kappa shape index (κ1) is 10.1. The van der Waals surface area contributed by atoms with Gasteiger partial charge < -0.3 is 10.8 Å². The molecule has 0 spiro atoms. The first-order chi connectivity index (χ1) is 6.56. The van der Waals surface area contributed by atoms with Gasteiger partial charge in [0.2, 0.25) is 0 Å². The number of carbonyl (C=O) groups is 1. The highest BCUT2D eigenvalue weighted by molar-refractivity contribution is 5.75. The summed E-state index contributed by atoms with van der Waals surface area (Å²) in [5, 5.41) is 17.5. The van der Waals surface area contributed by atoms with E-state index in [1.165, 1.54) is 0 Å². The second-order valence-corrected chi connectivity index (χ2v) is 3.01. The van der Waals surface area contributed by atoms with Crippen LogP contribution in [0.15, 0.2) is 12.1 Å². The average molecular weight is 190 g/mol. The minimum Gasteiger partial charge on any atom is -0.481 e. The van der Waals surface area contributed by atoms with Gasteiger partial charge in [-0.3, -0.25) is 4.79 Å². The zero-order chi connectivity index (χ0) is 10.7. The maximum absolute atomic E-state index is 10.5. The van der Waals surface area contributed by atoms with Crippen LogP contribution in [0, 0.1) is 18.3 Å². The molecule has 1 aromatic rings. The van der Waals surface area contributed by atoms with Crippen LogP contribution in [-0.2, 0) is 11.2 Å². The second-order valence-electron chi connectivity index (χ2n) is 3.01. The lowest BCUT2D eigenvalue weighted by atomic mass is 9.99. The van der Waals surface area contributed by atoms with E-state index in [-0.39, 0.29) is 6.42 Å². The first-order valence-electron chi connectivity index (χ1n) is 4.06. The largest absolute Gasteiger partial charge is 0.481 e. The summed E-state index contributed by atoms with van der Waals surface area (Å²) < 4.78 is 0. The maximum Gasteiger partial charge on any atom is 0.307 e. The molecule has 1 rings (SSSR count). The van der Waals surface area contributed by atoms with Crippen molar-refractivity contribution in [1.29, 1.82) is 5.26 Å². The molecule has 0 saturated carbocycles. The molecular formula is C10H10N2O2. The third kappa shape index (κ3) is 1.83. The van der Waals surface area contributed by atoms with Crippen molar-refractivity contribution in [3.05, 3.63) is 28.8 Å². The lowest BCUT2D eigenvalue weighted by Gasteiger charge is -2.07. The van der Waals surface area contributed by atoms with Gasteiger partial charge >= 0.3 is 5.97 Å². The number of nitriles is 1. The molecule has 14 heavy (non-hydrogen) atoms. The Morgan fingerprint density at radius 2 is 2.29 bits per heavy atom. The van der Waals surface area contributed by atoms with Crippen LogP contribution in [0.25, 0.3) is 0 Å². The average Bonchev–Trinajstić information content (AvgIpc) is 2.11. The van der Waals surface area contributed by atoms with Gasteiger partial charge in [0.25, 0.3) is 0 Å². The summed E-state index contributed by atoms with van der Waals surface area (Å²) in [5.41, 5.74) is 7.47. The van der Waals surface area contributed by atoms with Crippen molar-refractivity contribution in [3.63, 3.8) is 0 Å². The van der Waals surface area contributed by atoms with Gasteiger partial charge in [-0.05, 0) is 18.6 Å². The summed E-state index contributed by atoms with van der Waals surface area (Å²) >= 11 is 0. The molecule has 1 aromatic carbocycles. The van der Waals surface area contributed by atoms with Crippen molar-refractivity contribution in [2.75, 3.05) is 5.73 Å². The molecule has 0 aliphatic carbocycles. The highest BCUT2D eigenvalue weighted by atomic mass is 16.4. The number of hydrogen-bond donors (Lipinski definition) is 2. The smallest absolute Gasteiger partial charge is 0.307 e. The van der Waals surface area contributed by atoms with Crippen LogP contribution in [-0.4, -0.2) is 11.1 Å². The number of benzene rings is 1. The van der Waals surface area contributed by atoms with E-state index >= 15 is 0 Å². The van der Waals surface area contributed by atoms with Crippen molar-refractivity contribution < 1.29 is 9.90 Å². The standard InChI is InChI=1S/C10H10N2O2/c1-6-2-3-9(12)7(4-10(13)14)8(6)5-11/h2-3H,4,12H2,1H3,(H,13,14). The summed E-state index contributed by atoms with van der Waals surface area (Å²) in [7, 11) is 0. The monoisotopic (exact) mass is 190 g/mol. The van der Waals surface area contributed by atoms with Crippen LogP contribution >= 0.6 is 0 Å². The van der Waals surface area contributed by atoms with Crippen LogP contribution in [0.4, 0.5) is 5.69 Å². The molecule has 3 N–H and O–H groups in total. The van der Waals surface area contributed by atoms with Crippen LogP contribution in [0.2, 0.25) is 0 Å². The molecule has 0 saturated heterocycles. The van der Waals surface area contributed by atoms with E-state index in [9.17, 15) is 4.79 Å². The number of nitrogens with zero attached hydrogens (tertiary/aromatic N) is 1. The third-order valence-electron chi connectivity index (χ3n) is 2.00. The Morgan fingerprint density at radius 3 is 2.79 bits per heavy atom. The van der Waals surface area contributed by atoms with Crippen LogP contribution in [0.5, 0.6) is 0 Å². The summed E-state index contributed by atoms with van der Waals surface area (Å²) in [6.45, 7) is 1.75. The summed E-state index contributed by atoms with van der Waals surface area (Å²) in [6.07, 6.45) is -0.212. The minimum atomic E-state index is -0.987. The molecule has 0 radical (unpaired) electrons. The molecular weight excluding hydrogens is 180 g/mol. The highest BCUT2D eigenvalue weighted by Crippen LogP contribution is 2.20. The topological polar surface area (TPSA) is 87.1 Å². The third-order valence-corrected chi connectivity index (χ3v) is 2.00. The molecule has 0 unspecified atom stereocenters. The van der Waals surface area contributed by atoms with E-state index in [1.54, 1.807) is 19.1 Å². The molecule has 0 aliphatic rings. The van der Waals surface area contributed by atoms with Crippen molar-refractivity contribution in [2.45, 2.75) is 13.3 Å². The quantitative estimate of drug-likeness (QED) is 0.683. The SMILES string of the molecule is Cc1ccc(N)c(CC(=O)O)c1C#N. The van der Waals surface area contributed by atoms with Gasteiger partial charge in [-0.15, -0.1) is 0 Å². The Kier molecular flexibility index (Phi) is 2.73. The molecule has 4 nitrogen and oxygen atoms in total. The van der Waals surface area contributed by atoms with E-state index in [4.69, 9.17) is 16.1 Å². The molecule has 0 amide bonds. The minimum absolute atomic E-state index is 0.212. The highest BCUT2D eigenvalue weighted by Gasteiger charge is 2.12. The summed E-state index contributed by atoms with van der Waals surface area (Å²) in [5.74, 6) is -0.987. The Hall–Kier alpha value is -2.02. The zero-order valence-electron chi connectivity index (χ0n) is 7.74. The van der Waals surface area contributed by atoms with E-state index in [2.05, 4.69) is 0 Å². The number of carboxylic acids is 1. The predicted octanol–water partition coefficient (Wildman–Crippen LogP) is 1.08. The molecule has 0 aliphatic heterocycles. The van der Waals surface area contributed by atoms with Gasteiger partial charge in [0.1, 0.15) is 0 Å². The Bertz CT molecular complexity index is 419. The molecule has 0 atom stereocenters. The fraction of sp³-hybridized carbons (Fsp3) is 0.200. The van der Waals surface area contributed by atoms with Gasteiger partial charge in [-0.25, -0.2) is 0 Å². The van der Waals surface area contributed by atoms with Crippen molar-refractivity contribution >= 4 is 11.7 Å².